The smallest absolute Gasteiger partial charge is 0.239 e. The summed E-state index contributed by atoms with van der Waals surface area (Å²) in [5.74, 6) is -1.07. The summed E-state index contributed by atoms with van der Waals surface area (Å²) in [7, 11) is 0. The monoisotopic (exact) mass is 273 g/mol. The van der Waals surface area contributed by atoms with Gasteiger partial charge >= 0.3 is 0 Å². The lowest BCUT2D eigenvalue weighted by molar-refractivity contribution is -0.128. The van der Waals surface area contributed by atoms with E-state index in [0.717, 1.165) is 0 Å². The number of nitrogens with one attached hydrogen (secondary N) is 2. The molecule has 4 N–H and O–H groups in total. The van der Waals surface area contributed by atoms with Crippen molar-refractivity contribution in [2.75, 3.05) is 6.54 Å². The van der Waals surface area contributed by atoms with Gasteiger partial charge in [0, 0.05) is 5.54 Å². The molecule has 0 aliphatic heterocycles. The van der Waals surface area contributed by atoms with Crippen molar-refractivity contribution in [2.24, 2.45) is 17.6 Å². The van der Waals surface area contributed by atoms with Gasteiger partial charge in [0.2, 0.25) is 11.8 Å². The number of rotatable bonds is 5. The zero-order valence-electron chi connectivity index (χ0n) is 11.7. The molecule has 0 aliphatic rings. The number of thiocarbonyl (C=S) groups is 1. The van der Waals surface area contributed by atoms with Gasteiger partial charge in [-0.15, -0.1) is 0 Å². The van der Waals surface area contributed by atoms with E-state index in [9.17, 15) is 9.59 Å². The molecule has 0 aromatic heterocycles. The molecule has 0 bridgehead atoms. The first-order chi connectivity index (χ1) is 8.04. The molecule has 5 nitrogen and oxygen atoms in total. The molecule has 0 aliphatic carbocycles. The van der Waals surface area contributed by atoms with Crippen molar-refractivity contribution in [3.05, 3.63) is 0 Å². The third kappa shape index (κ3) is 6.54. The van der Waals surface area contributed by atoms with Crippen LogP contribution in [-0.2, 0) is 9.59 Å². The minimum atomic E-state index is -0.539. The lowest BCUT2D eigenvalue weighted by atomic mass is 9.95. The van der Waals surface area contributed by atoms with Crippen molar-refractivity contribution in [1.82, 2.24) is 10.6 Å². The summed E-state index contributed by atoms with van der Waals surface area (Å²) in [6.07, 6.45) is 0. The van der Waals surface area contributed by atoms with Gasteiger partial charge < -0.3 is 16.4 Å². The lowest BCUT2D eigenvalue weighted by Gasteiger charge is -2.22. The molecule has 0 rings (SSSR count). The number of nitrogens with two attached hydrogens (primary N) is 1. The topological polar surface area (TPSA) is 84.2 Å². The molecule has 18 heavy (non-hydrogen) atoms. The molecule has 0 heterocycles. The van der Waals surface area contributed by atoms with Crippen LogP contribution in [0.25, 0.3) is 0 Å². The SMILES string of the molecule is CC(C)C(C(=O)NCC(=O)NC(C)(C)C)C(N)=S. The van der Waals surface area contributed by atoms with Crippen LogP contribution in [0.15, 0.2) is 0 Å². The molecule has 0 fully saturated rings. The fraction of sp³-hybridized carbons (Fsp3) is 0.750. The molecule has 2 amide bonds. The van der Waals surface area contributed by atoms with Crippen molar-refractivity contribution in [3.63, 3.8) is 0 Å². The zero-order valence-corrected chi connectivity index (χ0v) is 12.5. The van der Waals surface area contributed by atoms with Crippen LogP contribution in [0.3, 0.4) is 0 Å². The predicted molar refractivity (Wildman–Crippen MR) is 76.0 cm³/mol. The first-order valence-electron chi connectivity index (χ1n) is 5.92. The summed E-state index contributed by atoms with van der Waals surface area (Å²) in [4.78, 5) is 23.5. The van der Waals surface area contributed by atoms with E-state index in [1.165, 1.54) is 0 Å². The summed E-state index contributed by atoms with van der Waals surface area (Å²) < 4.78 is 0. The molecular weight excluding hydrogens is 250 g/mol. The second-order valence-electron chi connectivity index (χ2n) is 5.64. The van der Waals surface area contributed by atoms with E-state index in [1.54, 1.807) is 0 Å². The van der Waals surface area contributed by atoms with Gasteiger partial charge in [-0.1, -0.05) is 26.1 Å². The van der Waals surface area contributed by atoms with Crippen molar-refractivity contribution in [3.8, 4) is 0 Å². The van der Waals surface area contributed by atoms with Crippen molar-refractivity contribution in [2.45, 2.75) is 40.2 Å². The van der Waals surface area contributed by atoms with Crippen molar-refractivity contribution >= 4 is 29.0 Å². The fourth-order valence-electron chi connectivity index (χ4n) is 1.50. The quantitative estimate of drug-likeness (QED) is 0.640. The highest BCUT2D eigenvalue weighted by Gasteiger charge is 2.25. The van der Waals surface area contributed by atoms with E-state index in [2.05, 4.69) is 10.6 Å². The zero-order chi connectivity index (χ0) is 14.5. The molecule has 0 radical (unpaired) electrons. The maximum absolute atomic E-state index is 11.8. The molecule has 0 saturated heterocycles. The highest BCUT2D eigenvalue weighted by molar-refractivity contribution is 7.80. The van der Waals surface area contributed by atoms with E-state index in [-0.39, 0.29) is 34.8 Å². The van der Waals surface area contributed by atoms with E-state index in [0.29, 0.717) is 0 Å². The van der Waals surface area contributed by atoms with Gasteiger partial charge in [0.1, 0.15) is 0 Å². The fourth-order valence-corrected chi connectivity index (χ4v) is 1.88. The number of hydrogen-bond acceptors (Lipinski definition) is 3. The number of carbonyl (C=O) groups is 2. The van der Waals surface area contributed by atoms with Crippen LogP contribution >= 0.6 is 12.2 Å². The minimum Gasteiger partial charge on any atom is -0.393 e. The Kier molecular flexibility index (Phi) is 6.25. The van der Waals surface area contributed by atoms with Gasteiger partial charge in [-0.3, -0.25) is 9.59 Å². The summed E-state index contributed by atoms with van der Waals surface area (Å²) >= 11 is 4.85. The third-order valence-corrected chi connectivity index (χ3v) is 2.45. The standard InChI is InChI=1S/C12H23N3O2S/c1-7(2)9(10(13)18)11(17)14-6-8(16)15-12(3,4)5/h7,9H,6H2,1-5H3,(H2,13,18)(H,14,17)(H,15,16). The highest BCUT2D eigenvalue weighted by Crippen LogP contribution is 2.11. The van der Waals surface area contributed by atoms with Gasteiger partial charge in [0.15, 0.2) is 0 Å². The van der Waals surface area contributed by atoms with Gasteiger partial charge in [-0.2, -0.15) is 0 Å². The average Bonchev–Trinajstić information content (AvgIpc) is 2.10. The maximum atomic E-state index is 11.8. The first-order valence-corrected chi connectivity index (χ1v) is 6.33. The Hall–Kier alpha value is -1.17. The van der Waals surface area contributed by atoms with Crippen LogP contribution < -0.4 is 16.4 Å². The Morgan fingerprint density at radius 1 is 1.28 bits per heavy atom. The summed E-state index contributed by atoms with van der Waals surface area (Å²) in [6, 6.07) is 0. The van der Waals surface area contributed by atoms with Crippen LogP contribution in [0.1, 0.15) is 34.6 Å². The molecule has 6 heteroatoms. The van der Waals surface area contributed by atoms with Crippen LogP contribution in [-0.4, -0.2) is 28.9 Å². The number of amides is 2. The molecule has 0 saturated carbocycles. The molecular formula is C12H23N3O2S. The number of carbonyl (C=O) groups excluding carboxylic acids is 2. The Bertz CT molecular complexity index is 335. The van der Waals surface area contributed by atoms with Gasteiger partial charge in [0.05, 0.1) is 17.5 Å². The second kappa shape index (κ2) is 6.68. The van der Waals surface area contributed by atoms with Crippen LogP contribution in [0.5, 0.6) is 0 Å². The van der Waals surface area contributed by atoms with Crippen LogP contribution in [0, 0.1) is 11.8 Å². The molecule has 1 atom stereocenters. The Balaban J connectivity index is 4.33. The predicted octanol–water partition coefficient (Wildman–Crippen LogP) is 0.576. The molecule has 0 aromatic rings. The Labute approximate surface area is 114 Å². The summed E-state index contributed by atoms with van der Waals surface area (Å²) in [6.45, 7) is 9.27. The van der Waals surface area contributed by atoms with Crippen LogP contribution in [0.4, 0.5) is 0 Å². The minimum absolute atomic E-state index is 0.00757. The maximum Gasteiger partial charge on any atom is 0.239 e. The van der Waals surface area contributed by atoms with Gasteiger partial charge in [-0.05, 0) is 26.7 Å². The lowest BCUT2D eigenvalue weighted by Crippen LogP contribution is -2.48. The largest absolute Gasteiger partial charge is 0.393 e. The van der Waals surface area contributed by atoms with E-state index < -0.39 is 5.92 Å². The van der Waals surface area contributed by atoms with Crippen molar-refractivity contribution in [1.29, 1.82) is 0 Å². The van der Waals surface area contributed by atoms with E-state index in [1.807, 2.05) is 34.6 Å². The number of hydrogen-bond donors (Lipinski definition) is 3. The van der Waals surface area contributed by atoms with Gasteiger partial charge in [0.25, 0.3) is 0 Å². The summed E-state index contributed by atoms with van der Waals surface area (Å²) in [5.41, 5.74) is 5.20. The Morgan fingerprint density at radius 3 is 2.11 bits per heavy atom. The Morgan fingerprint density at radius 2 is 1.78 bits per heavy atom. The van der Waals surface area contributed by atoms with E-state index >= 15 is 0 Å². The summed E-state index contributed by atoms with van der Waals surface area (Å²) in [5, 5.41) is 5.30. The molecule has 0 spiro atoms. The molecule has 104 valence electrons. The van der Waals surface area contributed by atoms with Gasteiger partial charge in [-0.25, -0.2) is 0 Å². The third-order valence-electron chi connectivity index (χ3n) is 2.19. The normalized spacial score (nSPS) is 13.0. The average molecular weight is 273 g/mol. The second-order valence-corrected chi connectivity index (χ2v) is 6.11. The highest BCUT2D eigenvalue weighted by atomic mass is 32.1. The first kappa shape index (κ1) is 16.8. The van der Waals surface area contributed by atoms with Crippen molar-refractivity contribution < 1.29 is 9.59 Å². The van der Waals surface area contributed by atoms with E-state index in [4.69, 9.17) is 18.0 Å². The molecule has 0 aromatic carbocycles. The molecule has 1 unspecified atom stereocenters. The van der Waals surface area contributed by atoms with Crippen LogP contribution in [0.2, 0.25) is 0 Å².